The van der Waals surface area contributed by atoms with E-state index < -0.39 is 6.10 Å². The Morgan fingerprint density at radius 1 is 1.33 bits per heavy atom. The summed E-state index contributed by atoms with van der Waals surface area (Å²) in [5.74, 6) is 0.00521. The normalized spacial score (nSPS) is 18.4. The van der Waals surface area contributed by atoms with Gasteiger partial charge in [-0.2, -0.15) is 0 Å². The number of carbonyl (C=O) groups is 1. The molecule has 1 amide bonds. The van der Waals surface area contributed by atoms with Crippen LogP contribution in [0.4, 0.5) is 4.39 Å². The highest BCUT2D eigenvalue weighted by molar-refractivity contribution is 5.80. The zero-order valence-electron chi connectivity index (χ0n) is 14.8. The Kier molecular flexibility index (Phi) is 6.75. The van der Waals surface area contributed by atoms with Gasteiger partial charge in [0, 0.05) is 31.8 Å². The van der Waals surface area contributed by atoms with Gasteiger partial charge < -0.3 is 14.8 Å². The van der Waals surface area contributed by atoms with E-state index in [0.717, 1.165) is 18.4 Å². The molecule has 0 saturated carbocycles. The number of ether oxygens (including phenoxy) is 2. The van der Waals surface area contributed by atoms with Crippen molar-refractivity contribution in [2.45, 2.75) is 45.1 Å². The van der Waals surface area contributed by atoms with Gasteiger partial charge in [-0.05, 0) is 43.4 Å². The van der Waals surface area contributed by atoms with E-state index in [1.807, 2.05) is 19.9 Å². The summed E-state index contributed by atoms with van der Waals surface area (Å²) in [4.78, 5) is 12.3. The largest absolute Gasteiger partial charge is 0.381 e. The van der Waals surface area contributed by atoms with Gasteiger partial charge in [0.15, 0.2) is 0 Å². The summed E-state index contributed by atoms with van der Waals surface area (Å²) >= 11 is 0. The third-order valence-electron chi connectivity index (χ3n) is 4.54. The quantitative estimate of drug-likeness (QED) is 0.832. The molecule has 24 heavy (non-hydrogen) atoms. The fourth-order valence-electron chi connectivity index (χ4n) is 2.96. The summed E-state index contributed by atoms with van der Waals surface area (Å²) in [5, 5.41) is 2.99. The molecule has 0 aromatic heterocycles. The first-order valence-electron chi connectivity index (χ1n) is 8.66. The minimum atomic E-state index is -0.489. The standard InChI is InChI=1S/C19H28FNO3/c1-14(2)12-24-15(3)18(22)21-13-19(7-9-23-10-8-19)16-5-4-6-17(20)11-16/h4-6,11,14-15H,7-10,12-13H2,1-3H3,(H,21,22)/t15-/m0/s1. The molecule has 1 N–H and O–H groups in total. The number of amides is 1. The molecular weight excluding hydrogens is 309 g/mol. The molecule has 0 bridgehead atoms. The minimum absolute atomic E-state index is 0.127. The molecule has 134 valence electrons. The van der Waals surface area contributed by atoms with Crippen molar-refractivity contribution in [2.24, 2.45) is 5.92 Å². The molecule has 4 nitrogen and oxygen atoms in total. The smallest absolute Gasteiger partial charge is 0.248 e. The van der Waals surface area contributed by atoms with Gasteiger partial charge in [0.05, 0.1) is 0 Å². The predicted molar refractivity (Wildman–Crippen MR) is 91.4 cm³/mol. The van der Waals surface area contributed by atoms with Crippen LogP contribution in [0.25, 0.3) is 0 Å². The second-order valence-corrected chi connectivity index (χ2v) is 6.99. The monoisotopic (exact) mass is 337 g/mol. The lowest BCUT2D eigenvalue weighted by molar-refractivity contribution is -0.132. The van der Waals surface area contributed by atoms with Crippen LogP contribution in [0, 0.1) is 11.7 Å². The highest BCUT2D eigenvalue weighted by atomic mass is 19.1. The van der Waals surface area contributed by atoms with Crippen LogP contribution < -0.4 is 5.32 Å². The van der Waals surface area contributed by atoms with E-state index in [1.54, 1.807) is 19.1 Å². The van der Waals surface area contributed by atoms with Gasteiger partial charge in [-0.1, -0.05) is 26.0 Å². The first-order valence-corrected chi connectivity index (χ1v) is 8.66. The Bertz CT molecular complexity index is 541. The van der Waals surface area contributed by atoms with Crippen LogP contribution in [0.2, 0.25) is 0 Å². The van der Waals surface area contributed by atoms with E-state index in [2.05, 4.69) is 5.32 Å². The van der Waals surface area contributed by atoms with Crippen molar-refractivity contribution in [2.75, 3.05) is 26.4 Å². The van der Waals surface area contributed by atoms with Crippen LogP contribution in [0.15, 0.2) is 24.3 Å². The molecule has 1 saturated heterocycles. The number of carbonyl (C=O) groups excluding carboxylic acids is 1. The Hall–Kier alpha value is -1.46. The topological polar surface area (TPSA) is 47.6 Å². The SMILES string of the molecule is CC(C)CO[C@@H](C)C(=O)NCC1(c2cccc(F)c2)CCOCC1. The van der Waals surface area contributed by atoms with E-state index in [-0.39, 0.29) is 17.1 Å². The number of hydrogen-bond donors (Lipinski definition) is 1. The number of rotatable bonds is 7. The maximum absolute atomic E-state index is 13.7. The third kappa shape index (κ3) is 5.02. The van der Waals surface area contributed by atoms with Crippen LogP contribution in [0.1, 0.15) is 39.2 Å². The number of nitrogens with one attached hydrogen (secondary N) is 1. The van der Waals surface area contributed by atoms with E-state index in [4.69, 9.17) is 9.47 Å². The van der Waals surface area contributed by atoms with Crippen LogP contribution in [-0.2, 0) is 19.7 Å². The predicted octanol–water partition coefficient (Wildman–Crippen LogP) is 3.05. The van der Waals surface area contributed by atoms with Crippen molar-refractivity contribution in [1.82, 2.24) is 5.32 Å². The zero-order chi connectivity index (χ0) is 17.6. The average Bonchev–Trinajstić information content (AvgIpc) is 2.58. The Morgan fingerprint density at radius 2 is 2.04 bits per heavy atom. The van der Waals surface area contributed by atoms with Crippen molar-refractivity contribution in [3.05, 3.63) is 35.6 Å². The molecule has 2 rings (SSSR count). The number of benzene rings is 1. The molecule has 0 aliphatic carbocycles. The summed E-state index contributed by atoms with van der Waals surface area (Å²) in [6.07, 6.45) is 1.03. The summed E-state index contributed by atoms with van der Waals surface area (Å²) in [6, 6.07) is 6.66. The Labute approximate surface area is 143 Å². The van der Waals surface area contributed by atoms with Crippen molar-refractivity contribution in [3.63, 3.8) is 0 Å². The summed E-state index contributed by atoms with van der Waals surface area (Å²) in [5.41, 5.74) is 0.634. The van der Waals surface area contributed by atoms with Gasteiger partial charge in [0.1, 0.15) is 11.9 Å². The summed E-state index contributed by atoms with van der Waals surface area (Å²) in [6.45, 7) is 8.11. The summed E-state index contributed by atoms with van der Waals surface area (Å²) in [7, 11) is 0. The fraction of sp³-hybridized carbons (Fsp3) is 0.632. The molecular formula is C19H28FNO3. The molecule has 5 heteroatoms. The molecule has 0 spiro atoms. The lowest BCUT2D eigenvalue weighted by atomic mass is 9.74. The Balaban J connectivity index is 2.03. The zero-order valence-corrected chi connectivity index (χ0v) is 14.8. The van der Waals surface area contributed by atoms with Crippen LogP contribution in [0.3, 0.4) is 0 Å². The minimum Gasteiger partial charge on any atom is -0.381 e. The molecule has 1 aliphatic heterocycles. The van der Waals surface area contributed by atoms with Gasteiger partial charge in [-0.25, -0.2) is 4.39 Å². The van der Waals surface area contributed by atoms with Gasteiger partial charge in [0.2, 0.25) is 5.91 Å². The highest BCUT2D eigenvalue weighted by Crippen LogP contribution is 2.34. The molecule has 1 atom stereocenters. The molecule has 1 fully saturated rings. The lowest BCUT2D eigenvalue weighted by Crippen LogP contribution is -2.47. The van der Waals surface area contributed by atoms with Gasteiger partial charge >= 0.3 is 0 Å². The first-order chi connectivity index (χ1) is 11.4. The highest BCUT2D eigenvalue weighted by Gasteiger charge is 2.35. The van der Waals surface area contributed by atoms with Crippen molar-refractivity contribution in [1.29, 1.82) is 0 Å². The number of hydrogen-bond acceptors (Lipinski definition) is 3. The molecule has 1 heterocycles. The fourth-order valence-corrected chi connectivity index (χ4v) is 2.96. The van der Waals surface area contributed by atoms with Gasteiger partial charge in [-0.3, -0.25) is 4.79 Å². The van der Waals surface area contributed by atoms with E-state index in [9.17, 15) is 9.18 Å². The molecule has 1 aromatic carbocycles. The van der Waals surface area contributed by atoms with Crippen molar-refractivity contribution in [3.8, 4) is 0 Å². The van der Waals surface area contributed by atoms with E-state index >= 15 is 0 Å². The second-order valence-electron chi connectivity index (χ2n) is 6.99. The maximum atomic E-state index is 13.7. The molecule has 1 aliphatic rings. The lowest BCUT2D eigenvalue weighted by Gasteiger charge is -2.38. The van der Waals surface area contributed by atoms with E-state index in [0.29, 0.717) is 32.3 Å². The van der Waals surface area contributed by atoms with Crippen LogP contribution in [-0.4, -0.2) is 38.4 Å². The van der Waals surface area contributed by atoms with Crippen LogP contribution >= 0.6 is 0 Å². The Morgan fingerprint density at radius 3 is 2.67 bits per heavy atom. The van der Waals surface area contributed by atoms with Crippen LogP contribution in [0.5, 0.6) is 0 Å². The molecule has 0 radical (unpaired) electrons. The third-order valence-corrected chi connectivity index (χ3v) is 4.54. The van der Waals surface area contributed by atoms with Gasteiger partial charge in [-0.15, -0.1) is 0 Å². The summed E-state index contributed by atoms with van der Waals surface area (Å²) < 4.78 is 24.7. The van der Waals surface area contributed by atoms with Crippen molar-refractivity contribution < 1.29 is 18.7 Å². The van der Waals surface area contributed by atoms with E-state index in [1.165, 1.54) is 6.07 Å². The first kappa shape index (κ1) is 18.9. The number of halogens is 1. The average molecular weight is 337 g/mol. The second kappa shape index (κ2) is 8.58. The molecule has 1 aromatic rings. The maximum Gasteiger partial charge on any atom is 0.248 e. The van der Waals surface area contributed by atoms with Gasteiger partial charge in [0.25, 0.3) is 0 Å². The van der Waals surface area contributed by atoms with Crippen molar-refractivity contribution >= 4 is 5.91 Å². The molecule has 0 unspecified atom stereocenters.